The topological polar surface area (TPSA) is 80.9 Å². The van der Waals surface area contributed by atoms with Crippen molar-refractivity contribution in [1.82, 2.24) is 0 Å². The first-order valence-electron chi connectivity index (χ1n) is 9.50. The minimum Gasteiger partial charge on any atom is -0.495 e. The lowest BCUT2D eigenvalue weighted by Gasteiger charge is -2.14. The number of methoxy groups -OCH3 is 1. The molecule has 29 heavy (non-hydrogen) atoms. The lowest BCUT2D eigenvalue weighted by molar-refractivity contribution is 0.102. The number of rotatable bonds is 8. The Morgan fingerprint density at radius 2 is 2.00 bits per heavy atom. The molecule has 0 saturated heterocycles. The molecular formula is C23H25NO5. The summed E-state index contributed by atoms with van der Waals surface area (Å²) in [4.78, 5) is 12.8. The SMILES string of the molecule is CCC(C)Oc1cccc(C(=O)Nc2cc(-c3ccc(CO)o3)ccc2OC)c1. The molecule has 1 amide bonds. The molecule has 6 heteroatoms. The van der Waals surface area contributed by atoms with Gasteiger partial charge in [0.1, 0.15) is 29.6 Å². The summed E-state index contributed by atoms with van der Waals surface area (Å²) in [6.07, 6.45) is 0.952. The fourth-order valence-corrected chi connectivity index (χ4v) is 2.80. The molecule has 1 aromatic heterocycles. The molecule has 1 heterocycles. The zero-order valence-corrected chi connectivity index (χ0v) is 16.8. The van der Waals surface area contributed by atoms with E-state index in [0.29, 0.717) is 34.3 Å². The summed E-state index contributed by atoms with van der Waals surface area (Å²) in [5.41, 5.74) is 1.76. The van der Waals surface area contributed by atoms with Crippen LogP contribution in [0.15, 0.2) is 59.0 Å². The largest absolute Gasteiger partial charge is 0.495 e. The second-order valence-electron chi connectivity index (χ2n) is 6.66. The van der Waals surface area contributed by atoms with Crippen molar-refractivity contribution in [3.8, 4) is 22.8 Å². The van der Waals surface area contributed by atoms with Gasteiger partial charge in [-0.15, -0.1) is 0 Å². The van der Waals surface area contributed by atoms with Crippen LogP contribution in [0.2, 0.25) is 0 Å². The first-order valence-corrected chi connectivity index (χ1v) is 9.50. The van der Waals surface area contributed by atoms with Crippen molar-refractivity contribution in [2.45, 2.75) is 33.0 Å². The average molecular weight is 395 g/mol. The fraction of sp³-hybridized carbons (Fsp3) is 0.261. The van der Waals surface area contributed by atoms with Gasteiger partial charge in [-0.2, -0.15) is 0 Å². The van der Waals surface area contributed by atoms with Crippen molar-refractivity contribution < 1.29 is 23.8 Å². The number of nitrogens with one attached hydrogen (secondary N) is 1. The van der Waals surface area contributed by atoms with Crippen molar-refractivity contribution in [1.29, 1.82) is 0 Å². The van der Waals surface area contributed by atoms with E-state index in [-0.39, 0.29) is 18.6 Å². The maximum absolute atomic E-state index is 12.8. The first-order chi connectivity index (χ1) is 14.0. The van der Waals surface area contributed by atoms with E-state index < -0.39 is 0 Å². The molecule has 1 atom stereocenters. The molecule has 0 aliphatic carbocycles. The molecule has 2 N–H and O–H groups in total. The van der Waals surface area contributed by atoms with Gasteiger partial charge >= 0.3 is 0 Å². The van der Waals surface area contributed by atoms with Crippen LogP contribution in [0, 0.1) is 0 Å². The number of furan rings is 1. The fourth-order valence-electron chi connectivity index (χ4n) is 2.80. The molecule has 3 aromatic rings. The molecule has 0 aliphatic rings. The summed E-state index contributed by atoms with van der Waals surface area (Å²) in [5, 5.41) is 12.1. The summed E-state index contributed by atoms with van der Waals surface area (Å²) in [6.45, 7) is 3.86. The van der Waals surface area contributed by atoms with Crippen molar-refractivity contribution in [2.24, 2.45) is 0 Å². The molecule has 0 fully saturated rings. The van der Waals surface area contributed by atoms with Gasteiger partial charge in [-0.3, -0.25) is 4.79 Å². The molecule has 6 nitrogen and oxygen atoms in total. The number of hydrogen-bond acceptors (Lipinski definition) is 5. The van der Waals surface area contributed by atoms with E-state index in [9.17, 15) is 9.90 Å². The number of carbonyl (C=O) groups is 1. The Labute approximate surface area is 170 Å². The van der Waals surface area contributed by atoms with Gasteiger partial charge in [0.2, 0.25) is 0 Å². The highest BCUT2D eigenvalue weighted by Gasteiger charge is 2.14. The van der Waals surface area contributed by atoms with Crippen LogP contribution in [-0.2, 0) is 6.61 Å². The second kappa shape index (κ2) is 9.30. The Kier molecular flexibility index (Phi) is 6.57. The van der Waals surface area contributed by atoms with Crippen LogP contribution in [-0.4, -0.2) is 24.2 Å². The van der Waals surface area contributed by atoms with Gasteiger partial charge in [0, 0.05) is 11.1 Å². The maximum atomic E-state index is 12.8. The quantitative estimate of drug-likeness (QED) is 0.568. The Balaban J connectivity index is 1.84. The average Bonchev–Trinajstić information content (AvgIpc) is 3.23. The third-order valence-corrected chi connectivity index (χ3v) is 4.56. The lowest BCUT2D eigenvalue weighted by atomic mass is 10.1. The van der Waals surface area contributed by atoms with Crippen LogP contribution in [0.1, 0.15) is 36.4 Å². The Hall–Kier alpha value is -3.25. The predicted molar refractivity (Wildman–Crippen MR) is 111 cm³/mol. The number of hydrogen-bond donors (Lipinski definition) is 2. The standard InChI is InChI=1S/C23H25NO5/c1-4-15(2)28-18-7-5-6-17(12-18)23(26)24-20-13-16(8-10-22(20)27-3)21-11-9-19(14-25)29-21/h5-13,15,25H,4,14H2,1-3H3,(H,24,26). The number of aliphatic hydroxyl groups excluding tert-OH is 1. The van der Waals surface area contributed by atoms with Crippen LogP contribution in [0.25, 0.3) is 11.3 Å². The van der Waals surface area contributed by atoms with Gasteiger partial charge < -0.3 is 24.3 Å². The zero-order valence-electron chi connectivity index (χ0n) is 16.8. The van der Waals surface area contributed by atoms with E-state index in [1.165, 1.54) is 0 Å². The molecule has 0 bridgehead atoms. The summed E-state index contributed by atoms with van der Waals surface area (Å²) >= 11 is 0. The van der Waals surface area contributed by atoms with Crippen LogP contribution in [0.4, 0.5) is 5.69 Å². The number of ether oxygens (including phenoxy) is 2. The predicted octanol–water partition coefficient (Wildman–Crippen LogP) is 4.88. The van der Waals surface area contributed by atoms with Gasteiger partial charge in [0.25, 0.3) is 5.91 Å². The van der Waals surface area contributed by atoms with Gasteiger partial charge in [-0.25, -0.2) is 0 Å². The Morgan fingerprint density at radius 3 is 2.69 bits per heavy atom. The summed E-state index contributed by atoms with van der Waals surface area (Å²) < 4.78 is 16.8. The van der Waals surface area contributed by atoms with Crippen molar-refractivity contribution in [2.75, 3.05) is 12.4 Å². The van der Waals surface area contributed by atoms with E-state index in [1.54, 1.807) is 49.6 Å². The zero-order chi connectivity index (χ0) is 20.8. The highest BCUT2D eigenvalue weighted by Crippen LogP contribution is 2.32. The molecule has 152 valence electrons. The number of carbonyl (C=O) groups excluding carboxylic acids is 1. The number of benzene rings is 2. The smallest absolute Gasteiger partial charge is 0.255 e. The van der Waals surface area contributed by atoms with Crippen molar-refractivity contribution >= 4 is 11.6 Å². The molecule has 1 unspecified atom stereocenters. The van der Waals surface area contributed by atoms with Crippen LogP contribution in [0.5, 0.6) is 11.5 Å². The van der Waals surface area contributed by atoms with Crippen molar-refractivity contribution in [3.05, 3.63) is 65.9 Å². The lowest BCUT2D eigenvalue weighted by Crippen LogP contribution is -2.14. The second-order valence-corrected chi connectivity index (χ2v) is 6.66. The monoisotopic (exact) mass is 395 g/mol. The molecular weight excluding hydrogens is 370 g/mol. The first kappa shape index (κ1) is 20.5. The molecule has 0 spiro atoms. The number of anilines is 1. The third-order valence-electron chi connectivity index (χ3n) is 4.56. The third kappa shape index (κ3) is 4.97. The molecule has 0 radical (unpaired) electrons. The van der Waals surface area contributed by atoms with Gasteiger partial charge in [-0.05, 0) is 61.9 Å². The molecule has 3 rings (SSSR count). The minimum absolute atomic E-state index is 0.0715. The van der Waals surface area contributed by atoms with Crippen molar-refractivity contribution in [3.63, 3.8) is 0 Å². The Bertz CT molecular complexity index is 979. The highest BCUT2D eigenvalue weighted by atomic mass is 16.5. The van der Waals surface area contributed by atoms with E-state index >= 15 is 0 Å². The normalized spacial score (nSPS) is 11.7. The molecule has 0 saturated carbocycles. The van der Waals surface area contributed by atoms with Crippen LogP contribution in [0.3, 0.4) is 0 Å². The Morgan fingerprint density at radius 1 is 1.17 bits per heavy atom. The van der Waals surface area contributed by atoms with Gasteiger partial charge in [-0.1, -0.05) is 13.0 Å². The van der Waals surface area contributed by atoms with E-state index in [0.717, 1.165) is 12.0 Å². The maximum Gasteiger partial charge on any atom is 0.255 e. The van der Waals surface area contributed by atoms with Gasteiger partial charge in [0.05, 0.1) is 18.9 Å². The summed E-state index contributed by atoms with van der Waals surface area (Å²) in [6, 6.07) is 15.9. The van der Waals surface area contributed by atoms with Gasteiger partial charge in [0.15, 0.2) is 0 Å². The minimum atomic E-state index is -0.273. The van der Waals surface area contributed by atoms with E-state index in [4.69, 9.17) is 13.9 Å². The number of amides is 1. The number of aliphatic hydroxyl groups is 1. The summed E-state index contributed by atoms with van der Waals surface area (Å²) in [5.74, 6) is 1.98. The van der Waals surface area contributed by atoms with E-state index in [1.807, 2.05) is 26.0 Å². The molecule has 2 aromatic carbocycles. The summed E-state index contributed by atoms with van der Waals surface area (Å²) in [7, 11) is 1.54. The molecule has 0 aliphatic heterocycles. The van der Waals surface area contributed by atoms with Crippen LogP contribution < -0.4 is 14.8 Å². The van der Waals surface area contributed by atoms with E-state index in [2.05, 4.69) is 5.32 Å². The van der Waals surface area contributed by atoms with Crippen LogP contribution >= 0.6 is 0 Å². The highest BCUT2D eigenvalue weighted by molar-refractivity contribution is 6.05.